The van der Waals surface area contributed by atoms with Crippen LogP contribution in [0.2, 0.25) is 0 Å². The van der Waals surface area contributed by atoms with Gasteiger partial charge < -0.3 is 10.1 Å². The monoisotopic (exact) mass is 273 g/mol. The summed E-state index contributed by atoms with van der Waals surface area (Å²) in [4.78, 5) is 0. The van der Waals surface area contributed by atoms with E-state index in [-0.39, 0.29) is 0 Å². The zero-order valence-corrected chi connectivity index (χ0v) is 12.8. The first-order valence-electron chi connectivity index (χ1n) is 8.08. The molecule has 2 nitrogen and oxygen atoms in total. The molecule has 0 radical (unpaired) electrons. The normalized spacial score (nSPS) is 34.5. The van der Waals surface area contributed by atoms with Gasteiger partial charge in [-0.05, 0) is 42.7 Å². The van der Waals surface area contributed by atoms with Crippen LogP contribution in [0.15, 0.2) is 30.3 Å². The molecular formula is C18H27NO. The van der Waals surface area contributed by atoms with Crippen molar-refractivity contribution in [1.82, 2.24) is 5.32 Å². The summed E-state index contributed by atoms with van der Waals surface area (Å²) in [6, 6.07) is 11.1. The highest BCUT2D eigenvalue weighted by atomic mass is 16.5. The largest absolute Gasteiger partial charge is 0.378 e. The Kier molecular flexibility index (Phi) is 4.13. The summed E-state index contributed by atoms with van der Waals surface area (Å²) < 4.78 is 6.03. The topological polar surface area (TPSA) is 21.3 Å². The molecule has 110 valence electrons. The summed E-state index contributed by atoms with van der Waals surface area (Å²) in [6.07, 6.45) is 4.18. The summed E-state index contributed by atoms with van der Waals surface area (Å²) in [7, 11) is 0. The zero-order chi connectivity index (χ0) is 14.0. The Morgan fingerprint density at radius 2 is 2.00 bits per heavy atom. The summed E-state index contributed by atoms with van der Waals surface area (Å²) in [5.41, 5.74) is 1.95. The number of ether oxygens (including phenoxy) is 1. The van der Waals surface area contributed by atoms with E-state index in [9.17, 15) is 0 Å². The summed E-state index contributed by atoms with van der Waals surface area (Å²) in [5, 5.41) is 3.61. The predicted molar refractivity (Wildman–Crippen MR) is 82.9 cm³/mol. The molecule has 2 saturated heterocycles. The standard InChI is InChI=1S/C18H27NO/c1-14(2)17-12-18(9-11-20-17)8-10-19-13-16(18)15-6-4-3-5-7-15/h3-7,14,16-17,19H,8-13H2,1-2H3. The van der Waals surface area contributed by atoms with Gasteiger partial charge in [0.2, 0.25) is 0 Å². The molecule has 2 heteroatoms. The third kappa shape index (κ3) is 2.64. The van der Waals surface area contributed by atoms with Gasteiger partial charge in [-0.2, -0.15) is 0 Å². The van der Waals surface area contributed by atoms with E-state index in [1.54, 1.807) is 0 Å². The average Bonchev–Trinajstić information content (AvgIpc) is 2.49. The van der Waals surface area contributed by atoms with E-state index in [2.05, 4.69) is 49.5 Å². The SMILES string of the molecule is CC(C)C1CC2(CCNCC2c2ccccc2)CCO1. The molecule has 0 amide bonds. The van der Waals surface area contributed by atoms with Gasteiger partial charge in [-0.1, -0.05) is 44.2 Å². The summed E-state index contributed by atoms with van der Waals surface area (Å²) in [5.74, 6) is 1.26. The third-order valence-electron chi connectivity index (χ3n) is 5.37. The van der Waals surface area contributed by atoms with Crippen molar-refractivity contribution < 1.29 is 4.74 Å². The van der Waals surface area contributed by atoms with E-state index < -0.39 is 0 Å². The van der Waals surface area contributed by atoms with E-state index in [0.717, 1.165) is 19.7 Å². The van der Waals surface area contributed by atoms with Crippen molar-refractivity contribution in [2.45, 2.75) is 45.1 Å². The van der Waals surface area contributed by atoms with E-state index in [1.807, 2.05) is 0 Å². The molecule has 2 aliphatic heterocycles. The molecule has 3 rings (SSSR count). The highest BCUT2D eigenvalue weighted by molar-refractivity contribution is 5.24. The fourth-order valence-corrected chi connectivity index (χ4v) is 4.08. The Balaban J connectivity index is 1.88. The molecule has 20 heavy (non-hydrogen) atoms. The minimum atomic E-state index is 0.438. The number of piperidine rings is 1. The molecule has 0 aliphatic carbocycles. The Morgan fingerprint density at radius 3 is 2.75 bits per heavy atom. The fourth-order valence-electron chi connectivity index (χ4n) is 4.08. The van der Waals surface area contributed by atoms with Crippen LogP contribution in [-0.4, -0.2) is 25.8 Å². The lowest BCUT2D eigenvalue weighted by atomic mass is 9.61. The molecule has 3 unspecified atom stereocenters. The van der Waals surface area contributed by atoms with Crippen LogP contribution < -0.4 is 5.32 Å². The Hall–Kier alpha value is -0.860. The van der Waals surface area contributed by atoms with Crippen molar-refractivity contribution in [3.8, 4) is 0 Å². The molecule has 2 heterocycles. The Bertz CT molecular complexity index is 426. The number of benzene rings is 1. The first-order valence-corrected chi connectivity index (χ1v) is 8.08. The van der Waals surface area contributed by atoms with Crippen LogP contribution in [0.1, 0.15) is 44.6 Å². The van der Waals surface area contributed by atoms with Gasteiger partial charge in [0.25, 0.3) is 0 Å². The maximum absolute atomic E-state index is 6.03. The smallest absolute Gasteiger partial charge is 0.0603 e. The number of hydrogen-bond acceptors (Lipinski definition) is 2. The van der Waals surface area contributed by atoms with Crippen LogP contribution >= 0.6 is 0 Å². The van der Waals surface area contributed by atoms with Gasteiger partial charge in [0.1, 0.15) is 0 Å². The van der Waals surface area contributed by atoms with Gasteiger partial charge in [0.05, 0.1) is 6.10 Å². The molecule has 0 aromatic heterocycles. The first-order chi connectivity index (χ1) is 9.71. The van der Waals surface area contributed by atoms with Crippen molar-refractivity contribution in [2.75, 3.05) is 19.7 Å². The minimum Gasteiger partial charge on any atom is -0.378 e. The minimum absolute atomic E-state index is 0.438. The van der Waals surface area contributed by atoms with E-state index in [4.69, 9.17) is 4.74 Å². The molecule has 2 fully saturated rings. The predicted octanol–water partition coefficient (Wildman–Crippen LogP) is 3.58. The van der Waals surface area contributed by atoms with Gasteiger partial charge in [0.15, 0.2) is 0 Å². The van der Waals surface area contributed by atoms with Gasteiger partial charge in [0, 0.05) is 19.1 Å². The molecule has 0 bridgehead atoms. The van der Waals surface area contributed by atoms with Crippen molar-refractivity contribution in [1.29, 1.82) is 0 Å². The lowest BCUT2D eigenvalue weighted by Crippen LogP contribution is -2.49. The Labute approximate surface area is 122 Å². The van der Waals surface area contributed by atoms with Crippen LogP contribution in [-0.2, 0) is 4.74 Å². The highest BCUT2D eigenvalue weighted by Gasteiger charge is 2.45. The molecule has 1 aromatic rings. The van der Waals surface area contributed by atoms with Crippen molar-refractivity contribution in [3.63, 3.8) is 0 Å². The first kappa shape index (κ1) is 14.1. The maximum Gasteiger partial charge on any atom is 0.0603 e. The maximum atomic E-state index is 6.03. The van der Waals surface area contributed by atoms with E-state index in [1.165, 1.54) is 24.8 Å². The number of rotatable bonds is 2. The highest BCUT2D eigenvalue weighted by Crippen LogP contribution is 2.50. The van der Waals surface area contributed by atoms with Crippen LogP contribution in [0.3, 0.4) is 0 Å². The molecule has 1 aromatic carbocycles. The van der Waals surface area contributed by atoms with Gasteiger partial charge in [-0.3, -0.25) is 0 Å². The zero-order valence-electron chi connectivity index (χ0n) is 12.8. The van der Waals surface area contributed by atoms with Gasteiger partial charge in [-0.25, -0.2) is 0 Å². The van der Waals surface area contributed by atoms with E-state index >= 15 is 0 Å². The molecule has 3 atom stereocenters. The van der Waals surface area contributed by atoms with Crippen molar-refractivity contribution in [2.24, 2.45) is 11.3 Å². The quantitative estimate of drug-likeness (QED) is 0.889. The lowest BCUT2D eigenvalue weighted by molar-refractivity contribution is -0.0862. The summed E-state index contributed by atoms with van der Waals surface area (Å²) >= 11 is 0. The number of nitrogens with one attached hydrogen (secondary N) is 1. The van der Waals surface area contributed by atoms with Crippen molar-refractivity contribution >= 4 is 0 Å². The second kappa shape index (κ2) is 5.87. The number of hydrogen-bond donors (Lipinski definition) is 1. The third-order valence-corrected chi connectivity index (χ3v) is 5.37. The Morgan fingerprint density at radius 1 is 1.20 bits per heavy atom. The van der Waals surface area contributed by atoms with Crippen LogP contribution in [0.4, 0.5) is 0 Å². The molecule has 2 aliphatic rings. The average molecular weight is 273 g/mol. The lowest BCUT2D eigenvalue weighted by Gasteiger charge is -2.50. The second-order valence-electron chi connectivity index (χ2n) is 6.89. The van der Waals surface area contributed by atoms with Crippen LogP contribution in [0.25, 0.3) is 0 Å². The molecule has 0 saturated carbocycles. The second-order valence-corrected chi connectivity index (χ2v) is 6.89. The van der Waals surface area contributed by atoms with Crippen LogP contribution in [0.5, 0.6) is 0 Å². The van der Waals surface area contributed by atoms with Crippen LogP contribution in [0, 0.1) is 11.3 Å². The van der Waals surface area contributed by atoms with E-state index in [0.29, 0.717) is 23.4 Å². The van der Waals surface area contributed by atoms with Gasteiger partial charge in [-0.15, -0.1) is 0 Å². The summed E-state index contributed by atoms with van der Waals surface area (Å²) in [6.45, 7) is 7.81. The fraction of sp³-hybridized carbons (Fsp3) is 0.667. The molecule has 1 N–H and O–H groups in total. The molecule has 1 spiro atoms. The molecular weight excluding hydrogens is 246 g/mol. The van der Waals surface area contributed by atoms with Gasteiger partial charge >= 0.3 is 0 Å². The van der Waals surface area contributed by atoms with Crippen molar-refractivity contribution in [3.05, 3.63) is 35.9 Å².